The lowest BCUT2D eigenvalue weighted by molar-refractivity contribution is 0.122. The molecule has 3 rings (SSSR count). The molecule has 0 amide bonds. The third-order valence-electron chi connectivity index (χ3n) is 3.07. The first kappa shape index (κ1) is 10.4. The molecule has 1 aliphatic heterocycles. The highest BCUT2D eigenvalue weighted by molar-refractivity contribution is 5.83. The van der Waals surface area contributed by atoms with Gasteiger partial charge in [0.15, 0.2) is 0 Å². The third kappa shape index (κ3) is 1.82. The van der Waals surface area contributed by atoms with Gasteiger partial charge in [0.1, 0.15) is 5.75 Å². The van der Waals surface area contributed by atoms with Gasteiger partial charge in [0.2, 0.25) is 0 Å². The molecule has 2 aromatic rings. The molecule has 1 aliphatic rings. The summed E-state index contributed by atoms with van der Waals surface area (Å²) >= 11 is 0. The molecule has 1 saturated heterocycles. The van der Waals surface area contributed by atoms with Crippen LogP contribution in [0.15, 0.2) is 18.5 Å². The van der Waals surface area contributed by atoms with Crippen LogP contribution in [-0.4, -0.2) is 43.4 Å². The van der Waals surface area contributed by atoms with Gasteiger partial charge in [0, 0.05) is 19.2 Å². The van der Waals surface area contributed by atoms with Gasteiger partial charge in [-0.2, -0.15) is 0 Å². The van der Waals surface area contributed by atoms with Gasteiger partial charge >= 0.3 is 0 Å². The van der Waals surface area contributed by atoms with E-state index in [9.17, 15) is 0 Å². The van der Waals surface area contributed by atoms with E-state index in [0.29, 0.717) is 0 Å². The fraction of sp³-hybridized carbons (Fsp3) is 0.417. The molecule has 1 N–H and O–H groups in total. The van der Waals surface area contributed by atoms with E-state index in [1.165, 1.54) is 0 Å². The first-order chi connectivity index (χ1) is 8.38. The maximum absolute atomic E-state index is 5.44. The number of imidazole rings is 1. The van der Waals surface area contributed by atoms with E-state index in [0.717, 1.165) is 48.8 Å². The number of anilines is 1. The van der Waals surface area contributed by atoms with Crippen LogP contribution in [0.1, 0.15) is 0 Å². The van der Waals surface area contributed by atoms with Gasteiger partial charge in [0.25, 0.3) is 0 Å². The molecule has 0 unspecified atom stereocenters. The SMILES string of the molecule is COc1cc2nc[nH]c2cc1N1CCOCC1. The fourth-order valence-electron chi connectivity index (χ4n) is 2.17. The predicted molar refractivity (Wildman–Crippen MR) is 65.7 cm³/mol. The fourth-order valence-corrected chi connectivity index (χ4v) is 2.17. The van der Waals surface area contributed by atoms with Crippen molar-refractivity contribution in [3.05, 3.63) is 18.5 Å². The molecule has 90 valence electrons. The summed E-state index contributed by atoms with van der Waals surface area (Å²) in [4.78, 5) is 9.64. The van der Waals surface area contributed by atoms with Gasteiger partial charge in [0.05, 0.1) is 43.4 Å². The number of aromatic nitrogens is 2. The molecule has 0 bridgehead atoms. The van der Waals surface area contributed by atoms with E-state index in [4.69, 9.17) is 9.47 Å². The molecular weight excluding hydrogens is 218 g/mol. The van der Waals surface area contributed by atoms with E-state index < -0.39 is 0 Å². The van der Waals surface area contributed by atoms with Gasteiger partial charge < -0.3 is 19.4 Å². The van der Waals surface area contributed by atoms with E-state index in [-0.39, 0.29) is 0 Å². The number of morpholine rings is 1. The number of ether oxygens (including phenoxy) is 2. The van der Waals surface area contributed by atoms with Crippen molar-refractivity contribution >= 4 is 16.7 Å². The van der Waals surface area contributed by atoms with Crippen LogP contribution in [0.4, 0.5) is 5.69 Å². The highest BCUT2D eigenvalue weighted by atomic mass is 16.5. The van der Waals surface area contributed by atoms with Gasteiger partial charge in [-0.1, -0.05) is 0 Å². The van der Waals surface area contributed by atoms with Crippen molar-refractivity contribution in [1.82, 2.24) is 9.97 Å². The molecule has 2 heterocycles. The molecule has 0 aliphatic carbocycles. The number of aromatic amines is 1. The summed E-state index contributed by atoms with van der Waals surface area (Å²) < 4.78 is 10.8. The van der Waals surface area contributed by atoms with E-state index >= 15 is 0 Å². The maximum atomic E-state index is 5.44. The predicted octanol–water partition coefficient (Wildman–Crippen LogP) is 1.41. The Bertz CT molecular complexity index is 517. The average molecular weight is 233 g/mol. The van der Waals surface area contributed by atoms with Gasteiger partial charge in [-0.3, -0.25) is 0 Å². The van der Waals surface area contributed by atoms with Gasteiger partial charge in [-0.25, -0.2) is 4.98 Å². The Kier molecular flexibility index (Phi) is 2.60. The number of benzene rings is 1. The lowest BCUT2D eigenvalue weighted by atomic mass is 10.2. The highest BCUT2D eigenvalue weighted by Gasteiger charge is 2.16. The molecule has 5 heteroatoms. The van der Waals surface area contributed by atoms with Crippen LogP contribution < -0.4 is 9.64 Å². The largest absolute Gasteiger partial charge is 0.495 e. The Morgan fingerprint density at radius 1 is 1.35 bits per heavy atom. The van der Waals surface area contributed by atoms with Crippen LogP contribution in [0.2, 0.25) is 0 Å². The topological polar surface area (TPSA) is 50.4 Å². The summed E-state index contributed by atoms with van der Waals surface area (Å²) in [7, 11) is 1.69. The normalized spacial score (nSPS) is 16.4. The van der Waals surface area contributed by atoms with Crippen molar-refractivity contribution < 1.29 is 9.47 Å². The zero-order chi connectivity index (χ0) is 11.7. The van der Waals surface area contributed by atoms with Crippen LogP contribution in [0, 0.1) is 0 Å². The van der Waals surface area contributed by atoms with E-state index in [1.807, 2.05) is 6.07 Å². The molecule has 1 aromatic carbocycles. The Morgan fingerprint density at radius 2 is 2.18 bits per heavy atom. The number of nitrogens with one attached hydrogen (secondary N) is 1. The molecule has 0 atom stereocenters. The zero-order valence-corrected chi connectivity index (χ0v) is 9.77. The number of fused-ring (bicyclic) bond motifs is 1. The summed E-state index contributed by atoms with van der Waals surface area (Å²) in [6.45, 7) is 3.33. The number of hydrogen-bond acceptors (Lipinski definition) is 4. The minimum atomic E-state index is 0.768. The number of rotatable bonds is 2. The molecule has 1 fully saturated rings. The van der Waals surface area contributed by atoms with Crippen LogP contribution in [0.25, 0.3) is 11.0 Å². The van der Waals surface area contributed by atoms with Crippen LogP contribution in [0.5, 0.6) is 5.75 Å². The molecule has 1 aromatic heterocycles. The Labute approximate surface area is 99.3 Å². The second-order valence-corrected chi connectivity index (χ2v) is 4.04. The minimum Gasteiger partial charge on any atom is -0.495 e. The molecule has 5 nitrogen and oxygen atoms in total. The number of hydrogen-bond donors (Lipinski definition) is 1. The first-order valence-electron chi connectivity index (χ1n) is 5.72. The standard InChI is InChI=1S/C12H15N3O2/c1-16-12-7-10-9(13-8-14-10)6-11(12)15-2-4-17-5-3-15/h6-8H,2-5H2,1H3,(H,13,14). The maximum Gasteiger partial charge on any atom is 0.144 e. The molecule has 0 saturated carbocycles. The smallest absolute Gasteiger partial charge is 0.144 e. The van der Waals surface area contributed by atoms with Gasteiger partial charge in [-0.15, -0.1) is 0 Å². The molecular formula is C12H15N3O2. The van der Waals surface area contributed by atoms with E-state index in [1.54, 1.807) is 13.4 Å². The zero-order valence-electron chi connectivity index (χ0n) is 9.77. The van der Waals surface area contributed by atoms with E-state index in [2.05, 4.69) is 20.9 Å². The van der Waals surface area contributed by atoms with Crippen molar-refractivity contribution in [2.45, 2.75) is 0 Å². The second-order valence-electron chi connectivity index (χ2n) is 4.04. The average Bonchev–Trinajstić information content (AvgIpc) is 2.85. The Balaban J connectivity index is 2.05. The third-order valence-corrected chi connectivity index (χ3v) is 3.07. The van der Waals surface area contributed by atoms with Crippen LogP contribution in [-0.2, 0) is 4.74 Å². The Hall–Kier alpha value is -1.75. The Morgan fingerprint density at radius 3 is 2.94 bits per heavy atom. The summed E-state index contributed by atoms with van der Waals surface area (Å²) in [5, 5.41) is 0. The van der Waals surface area contributed by atoms with Crippen molar-refractivity contribution in [1.29, 1.82) is 0 Å². The first-order valence-corrected chi connectivity index (χ1v) is 5.72. The van der Waals surface area contributed by atoms with Crippen molar-refractivity contribution in [3.8, 4) is 5.75 Å². The lowest BCUT2D eigenvalue weighted by Crippen LogP contribution is -2.36. The second kappa shape index (κ2) is 4.25. The summed E-state index contributed by atoms with van der Waals surface area (Å²) in [5.41, 5.74) is 3.07. The quantitative estimate of drug-likeness (QED) is 0.852. The van der Waals surface area contributed by atoms with Crippen molar-refractivity contribution in [3.63, 3.8) is 0 Å². The monoisotopic (exact) mass is 233 g/mol. The molecule has 17 heavy (non-hydrogen) atoms. The van der Waals surface area contributed by atoms with Gasteiger partial charge in [-0.05, 0) is 6.07 Å². The van der Waals surface area contributed by atoms with Crippen molar-refractivity contribution in [2.75, 3.05) is 38.3 Å². The van der Waals surface area contributed by atoms with Crippen LogP contribution >= 0.6 is 0 Å². The van der Waals surface area contributed by atoms with Crippen molar-refractivity contribution in [2.24, 2.45) is 0 Å². The summed E-state index contributed by atoms with van der Waals surface area (Å²) in [5.74, 6) is 0.867. The minimum absolute atomic E-state index is 0.768. The number of H-pyrrole nitrogens is 1. The summed E-state index contributed by atoms with van der Waals surface area (Å²) in [6, 6.07) is 4.06. The number of methoxy groups -OCH3 is 1. The molecule has 0 spiro atoms. The summed E-state index contributed by atoms with van der Waals surface area (Å²) in [6.07, 6.45) is 1.70. The lowest BCUT2D eigenvalue weighted by Gasteiger charge is -2.30. The number of nitrogens with zero attached hydrogens (tertiary/aromatic N) is 2. The molecule has 0 radical (unpaired) electrons. The highest BCUT2D eigenvalue weighted by Crippen LogP contribution is 2.32. The van der Waals surface area contributed by atoms with Crippen LogP contribution in [0.3, 0.4) is 0 Å².